The molecular formula is C31H38F2N6O6. The van der Waals surface area contributed by atoms with Gasteiger partial charge in [0.2, 0.25) is 11.8 Å². The van der Waals surface area contributed by atoms with Crippen molar-refractivity contribution < 1.29 is 37.1 Å². The van der Waals surface area contributed by atoms with E-state index in [1.54, 1.807) is 32.6 Å². The van der Waals surface area contributed by atoms with Crippen molar-refractivity contribution >= 4 is 18.0 Å². The number of carbonyl (C=O) groups excluding carboxylic acids is 2. The van der Waals surface area contributed by atoms with Crippen molar-refractivity contribution in [3.63, 3.8) is 0 Å². The second kappa shape index (κ2) is 13.0. The third-order valence-electron chi connectivity index (χ3n) is 7.52. The van der Waals surface area contributed by atoms with Crippen LogP contribution in [0.1, 0.15) is 77.9 Å². The zero-order valence-electron chi connectivity index (χ0n) is 26.1. The Morgan fingerprint density at radius 2 is 1.80 bits per heavy atom. The average Bonchev–Trinajstić information content (AvgIpc) is 3.58. The van der Waals surface area contributed by atoms with Crippen molar-refractivity contribution in [2.24, 2.45) is 5.92 Å². The highest BCUT2D eigenvalue weighted by Gasteiger charge is 2.40. The van der Waals surface area contributed by atoms with Crippen LogP contribution < -0.4 is 10.2 Å². The van der Waals surface area contributed by atoms with Gasteiger partial charge in [0, 0.05) is 31.4 Å². The number of ether oxygens (including phenoxy) is 3. The minimum absolute atomic E-state index is 0.110. The molecule has 1 aromatic carbocycles. The van der Waals surface area contributed by atoms with Crippen LogP contribution in [0.2, 0.25) is 0 Å². The van der Waals surface area contributed by atoms with Gasteiger partial charge in [0.1, 0.15) is 23.3 Å². The smallest absolute Gasteiger partial charge is 0.407 e. The van der Waals surface area contributed by atoms with Gasteiger partial charge >= 0.3 is 12.1 Å². The van der Waals surface area contributed by atoms with Gasteiger partial charge in [-0.1, -0.05) is 5.16 Å². The first-order valence-electron chi connectivity index (χ1n) is 15.0. The molecule has 1 saturated carbocycles. The summed E-state index contributed by atoms with van der Waals surface area (Å²) in [6, 6.07) is 2.66. The summed E-state index contributed by atoms with van der Waals surface area (Å²) >= 11 is 0. The molecule has 0 radical (unpaired) electrons. The van der Waals surface area contributed by atoms with Gasteiger partial charge in [-0.2, -0.15) is 4.98 Å². The molecule has 1 N–H and O–H groups in total. The van der Waals surface area contributed by atoms with Crippen LogP contribution in [0.15, 0.2) is 35.1 Å². The summed E-state index contributed by atoms with van der Waals surface area (Å²) in [6.45, 7) is 11.1. The predicted molar refractivity (Wildman–Crippen MR) is 157 cm³/mol. The molecule has 0 bridgehead atoms. The number of hydrogen-bond acceptors (Lipinski definition) is 11. The van der Waals surface area contributed by atoms with Crippen LogP contribution in [0.4, 0.5) is 19.5 Å². The predicted octanol–water partition coefficient (Wildman–Crippen LogP) is 5.11. The van der Waals surface area contributed by atoms with Gasteiger partial charge in [-0.15, -0.1) is 0 Å². The van der Waals surface area contributed by atoms with Gasteiger partial charge in [0.15, 0.2) is 0 Å². The Hall–Kier alpha value is -4.20. The van der Waals surface area contributed by atoms with E-state index in [4.69, 9.17) is 18.7 Å². The molecule has 2 fully saturated rings. The molecule has 0 unspecified atom stereocenters. The summed E-state index contributed by atoms with van der Waals surface area (Å²) in [5.74, 6) is -1.25. The van der Waals surface area contributed by atoms with Gasteiger partial charge in [0.25, 0.3) is 5.89 Å². The SMILES string of the molecule is CC(C)OC(=O)C1CC(O[C@H](C)c2nc(-c3cnc(N4C[C@H](NC(=O)OC(C)(C)C)[C@@H](c5cc(F)ccc5F)C4)nc3)no2)C1. The number of alkyl carbamates (subject to hydrolysis) is 1. The average molecular weight is 629 g/mol. The molecule has 242 valence electrons. The first kappa shape index (κ1) is 32.2. The van der Waals surface area contributed by atoms with Crippen LogP contribution in [0.25, 0.3) is 11.4 Å². The molecule has 1 aliphatic carbocycles. The molecule has 12 nitrogen and oxygen atoms in total. The number of hydrogen-bond donors (Lipinski definition) is 1. The Morgan fingerprint density at radius 1 is 1.09 bits per heavy atom. The summed E-state index contributed by atoms with van der Waals surface area (Å²) in [5, 5.41) is 6.84. The lowest BCUT2D eigenvalue weighted by atomic mass is 9.82. The Morgan fingerprint density at radius 3 is 2.47 bits per heavy atom. The van der Waals surface area contributed by atoms with E-state index in [0.717, 1.165) is 18.2 Å². The van der Waals surface area contributed by atoms with Crippen LogP contribution in [0.5, 0.6) is 0 Å². The molecule has 3 atom stereocenters. The third-order valence-corrected chi connectivity index (χ3v) is 7.52. The second-order valence-electron chi connectivity index (χ2n) is 12.7. The number of rotatable bonds is 9. The van der Waals surface area contributed by atoms with Crippen molar-refractivity contribution in [1.82, 2.24) is 25.4 Å². The van der Waals surface area contributed by atoms with Gasteiger partial charge in [-0.25, -0.2) is 23.5 Å². The molecule has 2 aliphatic rings. The highest BCUT2D eigenvalue weighted by molar-refractivity contribution is 5.73. The number of aromatic nitrogens is 4. The van der Waals surface area contributed by atoms with E-state index in [2.05, 4.69) is 25.4 Å². The van der Waals surface area contributed by atoms with E-state index in [9.17, 15) is 18.4 Å². The minimum atomic E-state index is -0.733. The number of anilines is 1. The van der Waals surface area contributed by atoms with Gasteiger partial charge in [-0.3, -0.25) is 4.79 Å². The maximum Gasteiger partial charge on any atom is 0.407 e. The van der Waals surface area contributed by atoms with E-state index in [1.165, 1.54) is 12.4 Å². The van der Waals surface area contributed by atoms with Crippen molar-refractivity contribution in [3.05, 3.63) is 53.7 Å². The molecule has 0 spiro atoms. The standard InChI is InChI=1S/C31H38F2N6O6/c1-16(2)42-28(40)18-9-21(10-18)43-17(3)27-37-26(38-45-27)19-12-34-29(35-13-19)39-14-23(22-11-20(32)7-8-24(22)33)25(15-39)36-30(41)44-31(4,5)6/h7-8,11-13,16-18,21,23,25H,9-10,14-15H2,1-6H3,(H,36,41)/t17-,18?,21?,23-,25+/m1/s1. The number of carbonyl (C=O) groups is 2. The van der Waals surface area contributed by atoms with E-state index in [-0.39, 0.29) is 54.5 Å². The minimum Gasteiger partial charge on any atom is -0.463 e. The van der Waals surface area contributed by atoms with Crippen LogP contribution in [-0.4, -0.2) is 69.1 Å². The molecule has 5 rings (SSSR count). The molecule has 45 heavy (non-hydrogen) atoms. The number of halogens is 2. The van der Waals surface area contributed by atoms with Gasteiger partial charge in [-0.05, 0) is 78.1 Å². The number of amides is 1. The molecule has 1 saturated heterocycles. The lowest BCUT2D eigenvalue weighted by molar-refractivity contribution is -0.164. The Balaban J connectivity index is 1.23. The van der Waals surface area contributed by atoms with Crippen LogP contribution in [0, 0.1) is 17.6 Å². The Bertz CT molecular complexity index is 1500. The lowest BCUT2D eigenvalue weighted by Gasteiger charge is -2.34. The highest BCUT2D eigenvalue weighted by atomic mass is 19.1. The van der Waals surface area contributed by atoms with E-state index >= 15 is 0 Å². The fourth-order valence-electron chi connectivity index (χ4n) is 5.35. The molecular weight excluding hydrogens is 590 g/mol. The van der Waals surface area contributed by atoms with E-state index < -0.39 is 41.4 Å². The molecule has 2 aromatic heterocycles. The van der Waals surface area contributed by atoms with Crippen LogP contribution in [-0.2, 0) is 19.0 Å². The highest BCUT2D eigenvalue weighted by Crippen LogP contribution is 2.35. The van der Waals surface area contributed by atoms with Gasteiger partial charge < -0.3 is 29.0 Å². The fraction of sp³-hybridized carbons (Fsp3) is 0.548. The normalized spacial score (nSPS) is 22.2. The second-order valence-corrected chi connectivity index (χ2v) is 12.7. The molecule has 3 aromatic rings. The summed E-state index contributed by atoms with van der Waals surface area (Å²) < 4.78 is 51.0. The first-order valence-corrected chi connectivity index (χ1v) is 15.0. The number of benzene rings is 1. The third kappa shape index (κ3) is 7.91. The quantitative estimate of drug-likeness (QED) is 0.316. The summed E-state index contributed by atoms with van der Waals surface area (Å²) in [5.41, 5.74) is -0.0985. The number of nitrogens with one attached hydrogen (secondary N) is 1. The van der Waals surface area contributed by atoms with Crippen molar-refractivity contribution in [2.75, 3.05) is 18.0 Å². The fourth-order valence-corrected chi connectivity index (χ4v) is 5.35. The zero-order valence-corrected chi connectivity index (χ0v) is 26.1. The Kier molecular flexibility index (Phi) is 9.33. The molecule has 3 heterocycles. The Labute approximate surface area is 259 Å². The maximum absolute atomic E-state index is 14.8. The number of esters is 1. The summed E-state index contributed by atoms with van der Waals surface area (Å²) in [4.78, 5) is 39.7. The first-order chi connectivity index (χ1) is 21.3. The summed E-state index contributed by atoms with van der Waals surface area (Å²) in [6.07, 6.45) is 2.80. The summed E-state index contributed by atoms with van der Waals surface area (Å²) in [7, 11) is 0. The van der Waals surface area contributed by atoms with Crippen LogP contribution in [0.3, 0.4) is 0 Å². The molecule has 1 aliphatic heterocycles. The van der Waals surface area contributed by atoms with Crippen molar-refractivity contribution in [2.45, 2.75) is 90.3 Å². The lowest BCUT2D eigenvalue weighted by Crippen LogP contribution is -2.43. The molecule has 1 amide bonds. The largest absolute Gasteiger partial charge is 0.463 e. The maximum atomic E-state index is 14.8. The van der Waals surface area contributed by atoms with E-state index in [1.807, 2.05) is 13.8 Å². The van der Waals surface area contributed by atoms with Crippen molar-refractivity contribution in [1.29, 1.82) is 0 Å². The van der Waals surface area contributed by atoms with E-state index in [0.29, 0.717) is 24.4 Å². The van der Waals surface area contributed by atoms with Crippen LogP contribution >= 0.6 is 0 Å². The molecule has 14 heteroatoms. The van der Waals surface area contributed by atoms with Crippen molar-refractivity contribution in [3.8, 4) is 11.4 Å². The zero-order chi connectivity index (χ0) is 32.5. The monoisotopic (exact) mass is 628 g/mol. The topological polar surface area (TPSA) is 142 Å². The number of nitrogens with zero attached hydrogens (tertiary/aromatic N) is 5. The van der Waals surface area contributed by atoms with Gasteiger partial charge in [0.05, 0.1) is 29.7 Å².